The quantitative estimate of drug-likeness (QED) is 0.195. The SMILES string of the molecule is Cn1c(=O)c(C(=O)N(C(=O)c2ccccc2)c2ccc(F)cc2)c(OC(=O)c2ccccc2)c2cc(Cl)ccc21. The number of rotatable bonds is 5. The van der Waals surface area contributed by atoms with Crippen molar-refractivity contribution in [1.29, 1.82) is 0 Å². The van der Waals surface area contributed by atoms with Crippen molar-refractivity contribution in [1.82, 2.24) is 4.57 Å². The molecule has 0 aliphatic heterocycles. The highest BCUT2D eigenvalue weighted by Gasteiger charge is 2.33. The Bertz CT molecular complexity index is 1820. The summed E-state index contributed by atoms with van der Waals surface area (Å²) in [4.78, 5) is 55.6. The van der Waals surface area contributed by atoms with Gasteiger partial charge >= 0.3 is 5.97 Å². The van der Waals surface area contributed by atoms with Crippen LogP contribution < -0.4 is 15.2 Å². The van der Waals surface area contributed by atoms with E-state index >= 15 is 0 Å². The standard InChI is InChI=1S/C31H20ClFN2O5/c1-34-25-17-12-21(32)18-24(25)27(40-31(39)20-10-6-3-7-11-20)26(29(34)37)30(38)35(23-15-13-22(33)14-16-23)28(36)19-8-4-2-5-9-19/h2-18H,1H3. The second kappa shape index (κ2) is 11.0. The topological polar surface area (TPSA) is 85.7 Å². The molecule has 7 nitrogen and oxygen atoms in total. The van der Waals surface area contributed by atoms with Crippen LogP contribution in [0.2, 0.25) is 5.02 Å². The first kappa shape index (κ1) is 26.5. The van der Waals surface area contributed by atoms with Crippen molar-refractivity contribution in [2.45, 2.75) is 0 Å². The Hall–Kier alpha value is -5.08. The number of hydrogen-bond donors (Lipinski definition) is 0. The summed E-state index contributed by atoms with van der Waals surface area (Å²) in [6, 6.07) is 25.2. The van der Waals surface area contributed by atoms with Gasteiger partial charge in [-0.15, -0.1) is 0 Å². The molecule has 0 aliphatic carbocycles. The molecule has 0 radical (unpaired) electrons. The van der Waals surface area contributed by atoms with Crippen molar-refractivity contribution >= 4 is 46.0 Å². The molecule has 5 rings (SSSR count). The molecule has 0 saturated carbocycles. The first-order chi connectivity index (χ1) is 19.3. The smallest absolute Gasteiger partial charge is 0.343 e. The van der Waals surface area contributed by atoms with Crippen LogP contribution in [0, 0.1) is 5.82 Å². The third kappa shape index (κ3) is 5.00. The van der Waals surface area contributed by atoms with Gasteiger partial charge in [-0.2, -0.15) is 0 Å². The first-order valence-corrected chi connectivity index (χ1v) is 12.4. The minimum atomic E-state index is -1.07. The number of halogens is 2. The van der Waals surface area contributed by atoms with Crippen molar-refractivity contribution < 1.29 is 23.5 Å². The molecule has 0 fully saturated rings. The predicted molar refractivity (Wildman–Crippen MR) is 150 cm³/mol. The number of carbonyl (C=O) groups is 3. The van der Waals surface area contributed by atoms with Gasteiger partial charge < -0.3 is 9.30 Å². The highest BCUT2D eigenvalue weighted by atomic mass is 35.5. The molecule has 1 aromatic heterocycles. The van der Waals surface area contributed by atoms with Crippen LogP contribution in [-0.4, -0.2) is 22.4 Å². The van der Waals surface area contributed by atoms with Gasteiger partial charge in [-0.1, -0.05) is 48.0 Å². The average molecular weight is 555 g/mol. The van der Waals surface area contributed by atoms with Gasteiger partial charge in [0, 0.05) is 23.0 Å². The number of fused-ring (bicyclic) bond motifs is 1. The summed E-state index contributed by atoms with van der Waals surface area (Å²) in [7, 11) is 1.44. The molecule has 4 aromatic carbocycles. The van der Waals surface area contributed by atoms with E-state index < -0.39 is 34.7 Å². The summed E-state index contributed by atoms with van der Waals surface area (Å²) in [5, 5.41) is 0.464. The number of nitrogens with zero attached hydrogens (tertiary/aromatic N) is 2. The van der Waals surface area contributed by atoms with E-state index in [0.717, 1.165) is 17.0 Å². The Kier molecular flexibility index (Phi) is 7.27. The highest BCUT2D eigenvalue weighted by Crippen LogP contribution is 2.33. The third-order valence-corrected chi connectivity index (χ3v) is 6.48. The fraction of sp³-hybridized carbons (Fsp3) is 0.0323. The number of imide groups is 1. The Morgan fingerprint density at radius 3 is 2.02 bits per heavy atom. The van der Waals surface area contributed by atoms with Gasteiger partial charge in [0.25, 0.3) is 17.4 Å². The minimum absolute atomic E-state index is 0.00818. The molecule has 40 heavy (non-hydrogen) atoms. The number of carbonyl (C=O) groups excluding carboxylic acids is 3. The second-order valence-corrected chi connectivity index (χ2v) is 9.21. The van der Waals surface area contributed by atoms with E-state index in [2.05, 4.69) is 0 Å². The van der Waals surface area contributed by atoms with Crippen LogP contribution in [0.3, 0.4) is 0 Å². The van der Waals surface area contributed by atoms with E-state index in [0.29, 0.717) is 5.52 Å². The molecule has 0 saturated heterocycles. The van der Waals surface area contributed by atoms with Crippen molar-refractivity contribution in [3.8, 4) is 5.75 Å². The number of amides is 2. The van der Waals surface area contributed by atoms with E-state index in [1.165, 1.54) is 54.1 Å². The molecule has 0 bridgehead atoms. The lowest BCUT2D eigenvalue weighted by Gasteiger charge is -2.23. The molecule has 198 valence electrons. The molecular formula is C31H20ClFN2O5. The summed E-state index contributed by atoms with van der Waals surface area (Å²) in [5.41, 5.74) is -0.728. The molecular weight excluding hydrogens is 535 g/mol. The molecule has 9 heteroatoms. The summed E-state index contributed by atoms with van der Waals surface area (Å²) in [6.07, 6.45) is 0. The lowest BCUT2D eigenvalue weighted by molar-refractivity contribution is 0.0734. The van der Waals surface area contributed by atoms with Crippen molar-refractivity contribution in [3.63, 3.8) is 0 Å². The van der Waals surface area contributed by atoms with Crippen LogP contribution in [0.4, 0.5) is 10.1 Å². The largest absolute Gasteiger partial charge is 0.421 e. The van der Waals surface area contributed by atoms with Crippen molar-refractivity contribution in [2.75, 3.05) is 4.90 Å². The molecule has 0 N–H and O–H groups in total. The van der Waals surface area contributed by atoms with Crippen LogP contribution in [0.25, 0.3) is 10.9 Å². The fourth-order valence-corrected chi connectivity index (χ4v) is 4.42. The Morgan fingerprint density at radius 1 is 0.800 bits per heavy atom. The number of benzene rings is 4. The van der Waals surface area contributed by atoms with Gasteiger partial charge in [0.15, 0.2) is 5.75 Å². The van der Waals surface area contributed by atoms with E-state index in [1.807, 2.05) is 0 Å². The zero-order chi connectivity index (χ0) is 28.4. The molecule has 0 spiro atoms. The summed E-state index contributed by atoms with van der Waals surface area (Å²) in [5.74, 6) is -3.61. The third-order valence-electron chi connectivity index (χ3n) is 6.24. The average Bonchev–Trinajstić information content (AvgIpc) is 2.97. The molecule has 0 atom stereocenters. The van der Waals surface area contributed by atoms with E-state index in [4.69, 9.17) is 16.3 Å². The number of esters is 1. The summed E-state index contributed by atoms with van der Waals surface area (Å²) in [6.45, 7) is 0. The number of aryl methyl sites for hydroxylation is 1. The number of aromatic nitrogens is 1. The molecule has 1 heterocycles. The fourth-order valence-electron chi connectivity index (χ4n) is 4.25. The Balaban J connectivity index is 1.76. The highest BCUT2D eigenvalue weighted by molar-refractivity contribution is 6.31. The van der Waals surface area contributed by atoms with Crippen LogP contribution in [-0.2, 0) is 7.05 Å². The zero-order valence-corrected chi connectivity index (χ0v) is 21.8. The zero-order valence-electron chi connectivity index (χ0n) is 21.0. The lowest BCUT2D eigenvalue weighted by Crippen LogP contribution is -2.41. The summed E-state index contributed by atoms with van der Waals surface area (Å²) >= 11 is 6.26. The molecule has 0 aliphatic rings. The monoisotopic (exact) mass is 554 g/mol. The lowest BCUT2D eigenvalue weighted by atomic mass is 10.1. The maximum absolute atomic E-state index is 14.3. The van der Waals surface area contributed by atoms with E-state index in [9.17, 15) is 23.6 Å². The van der Waals surface area contributed by atoms with Gasteiger partial charge in [-0.05, 0) is 66.7 Å². The maximum atomic E-state index is 14.3. The number of hydrogen-bond acceptors (Lipinski definition) is 5. The van der Waals surface area contributed by atoms with Crippen LogP contribution in [0.5, 0.6) is 5.75 Å². The number of ether oxygens (including phenoxy) is 1. The van der Waals surface area contributed by atoms with Crippen LogP contribution >= 0.6 is 11.6 Å². The van der Waals surface area contributed by atoms with Gasteiger partial charge in [0.2, 0.25) is 0 Å². The Labute approximate surface area is 232 Å². The van der Waals surface area contributed by atoms with Crippen molar-refractivity contribution in [2.24, 2.45) is 7.05 Å². The van der Waals surface area contributed by atoms with Gasteiger partial charge in [0.05, 0.1) is 16.8 Å². The van der Waals surface area contributed by atoms with Crippen LogP contribution in [0.15, 0.2) is 108 Å². The van der Waals surface area contributed by atoms with E-state index in [-0.39, 0.29) is 33.0 Å². The van der Waals surface area contributed by atoms with Gasteiger partial charge in [-0.3, -0.25) is 14.4 Å². The maximum Gasteiger partial charge on any atom is 0.343 e. The number of pyridine rings is 1. The van der Waals surface area contributed by atoms with Gasteiger partial charge in [-0.25, -0.2) is 14.1 Å². The Morgan fingerprint density at radius 2 is 1.40 bits per heavy atom. The molecule has 5 aromatic rings. The van der Waals surface area contributed by atoms with Crippen molar-refractivity contribution in [3.05, 3.63) is 141 Å². The second-order valence-electron chi connectivity index (χ2n) is 8.77. The number of anilines is 1. The minimum Gasteiger partial charge on any atom is -0.421 e. The first-order valence-electron chi connectivity index (χ1n) is 12.0. The molecule has 2 amide bonds. The normalized spacial score (nSPS) is 10.8. The molecule has 0 unspecified atom stereocenters. The van der Waals surface area contributed by atoms with Gasteiger partial charge in [0.1, 0.15) is 11.4 Å². The van der Waals surface area contributed by atoms with Crippen LogP contribution in [0.1, 0.15) is 31.1 Å². The predicted octanol–water partition coefficient (Wildman–Crippen LogP) is 6.04. The summed E-state index contributed by atoms with van der Waals surface area (Å²) < 4.78 is 20.7. The van der Waals surface area contributed by atoms with E-state index in [1.54, 1.807) is 48.5 Å².